The number of aliphatic imine (C=N–C) groups is 1. The Hall–Kier alpha value is -4.71. The minimum absolute atomic E-state index is 0.155. The Morgan fingerprint density at radius 3 is 2.35 bits per heavy atom. The standard InChI is InChI=1S/C25H20N4O7S/c1-3-15-4-7-17(8-5-15)26-25-27-24(30)23(37-25)13-16-6-10-21(22(12-16)35-2)36-20-11-9-18(28(31)32)14-19(20)29(33)34/h4-14H,3H2,1-2H3,(H,26,27,30)/b23-13-. The predicted molar refractivity (Wildman–Crippen MR) is 139 cm³/mol. The second kappa shape index (κ2) is 10.9. The highest BCUT2D eigenvalue weighted by Crippen LogP contribution is 2.39. The summed E-state index contributed by atoms with van der Waals surface area (Å²) in [4.78, 5) is 38.2. The molecule has 1 N–H and O–H groups in total. The number of nitrogens with one attached hydrogen (secondary N) is 1. The molecular formula is C25H20N4O7S. The minimum Gasteiger partial charge on any atom is -0.493 e. The first kappa shape index (κ1) is 25.4. The van der Waals surface area contributed by atoms with Gasteiger partial charge in [0.1, 0.15) is 0 Å². The van der Waals surface area contributed by atoms with Crippen LogP contribution in [0, 0.1) is 20.2 Å². The number of amidine groups is 1. The Morgan fingerprint density at radius 1 is 0.973 bits per heavy atom. The number of amides is 1. The Kier molecular flexibility index (Phi) is 7.49. The van der Waals surface area contributed by atoms with Crippen molar-refractivity contribution in [3.63, 3.8) is 0 Å². The van der Waals surface area contributed by atoms with Gasteiger partial charge in [0.25, 0.3) is 11.6 Å². The molecule has 1 heterocycles. The quantitative estimate of drug-likeness (QED) is 0.224. The zero-order valence-electron chi connectivity index (χ0n) is 19.7. The van der Waals surface area contributed by atoms with Crippen molar-refractivity contribution < 1.29 is 24.1 Å². The lowest BCUT2D eigenvalue weighted by Crippen LogP contribution is -2.19. The number of rotatable bonds is 8. The predicted octanol–water partition coefficient (Wildman–Crippen LogP) is 5.76. The molecule has 0 saturated carbocycles. The first-order chi connectivity index (χ1) is 17.8. The summed E-state index contributed by atoms with van der Waals surface area (Å²) in [7, 11) is 1.40. The van der Waals surface area contributed by atoms with Crippen LogP contribution in [0.4, 0.5) is 17.1 Å². The van der Waals surface area contributed by atoms with Crippen LogP contribution < -0.4 is 14.8 Å². The van der Waals surface area contributed by atoms with Crippen molar-refractivity contribution in [1.29, 1.82) is 0 Å². The van der Waals surface area contributed by atoms with Crippen LogP contribution in [0.5, 0.6) is 17.2 Å². The average molecular weight is 521 g/mol. The van der Waals surface area contributed by atoms with Gasteiger partial charge in [-0.15, -0.1) is 0 Å². The number of non-ortho nitro benzene ring substituents is 1. The highest BCUT2D eigenvalue weighted by atomic mass is 32.2. The lowest BCUT2D eigenvalue weighted by molar-refractivity contribution is -0.394. The number of hydrogen-bond acceptors (Lipinski definition) is 9. The van der Waals surface area contributed by atoms with Gasteiger partial charge in [-0.3, -0.25) is 25.0 Å². The van der Waals surface area contributed by atoms with Crippen LogP contribution >= 0.6 is 11.8 Å². The third-order valence-electron chi connectivity index (χ3n) is 5.28. The monoisotopic (exact) mass is 520 g/mol. The third-order valence-corrected chi connectivity index (χ3v) is 6.19. The van der Waals surface area contributed by atoms with Crippen LogP contribution in [-0.4, -0.2) is 28.0 Å². The van der Waals surface area contributed by atoms with Crippen LogP contribution in [0.2, 0.25) is 0 Å². The van der Waals surface area contributed by atoms with Crippen molar-refractivity contribution in [1.82, 2.24) is 5.32 Å². The van der Waals surface area contributed by atoms with Crippen molar-refractivity contribution in [2.45, 2.75) is 13.3 Å². The Labute approximate surface area is 215 Å². The van der Waals surface area contributed by atoms with Crippen LogP contribution in [0.25, 0.3) is 6.08 Å². The molecular weight excluding hydrogens is 500 g/mol. The molecule has 1 fully saturated rings. The molecule has 0 atom stereocenters. The zero-order valence-corrected chi connectivity index (χ0v) is 20.5. The van der Waals surface area contributed by atoms with E-state index in [0.717, 1.165) is 30.3 Å². The molecule has 1 aliphatic heterocycles. The number of nitro benzene ring substituents is 2. The van der Waals surface area contributed by atoms with E-state index in [2.05, 4.69) is 17.2 Å². The summed E-state index contributed by atoms with van der Waals surface area (Å²) in [6, 6.07) is 15.6. The molecule has 12 heteroatoms. The van der Waals surface area contributed by atoms with E-state index in [1.807, 2.05) is 24.3 Å². The number of carbonyl (C=O) groups is 1. The van der Waals surface area contributed by atoms with E-state index in [0.29, 0.717) is 15.6 Å². The maximum Gasteiger partial charge on any atom is 0.318 e. The topological polar surface area (TPSA) is 146 Å². The van der Waals surface area contributed by atoms with E-state index in [1.165, 1.54) is 30.5 Å². The molecule has 4 rings (SSSR count). The van der Waals surface area contributed by atoms with Gasteiger partial charge in [0.2, 0.25) is 5.75 Å². The Balaban J connectivity index is 1.56. The summed E-state index contributed by atoms with van der Waals surface area (Å²) in [5.41, 5.74) is 1.55. The van der Waals surface area contributed by atoms with Gasteiger partial charge in [0.15, 0.2) is 16.7 Å². The number of hydrogen-bond donors (Lipinski definition) is 1. The van der Waals surface area contributed by atoms with E-state index in [9.17, 15) is 25.0 Å². The molecule has 3 aromatic carbocycles. The molecule has 188 valence electrons. The van der Waals surface area contributed by atoms with Crippen LogP contribution in [0.3, 0.4) is 0 Å². The number of nitrogens with zero attached hydrogens (tertiary/aromatic N) is 3. The summed E-state index contributed by atoms with van der Waals surface area (Å²) < 4.78 is 11.0. The SMILES string of the molecule is CCc1ccc(N=C2NC(=O)/C(=C/c3ccc(Oc4ccc([N+](=O)[O-])cc4[N+](=O)[O-])c(OC)c3)S2)cc1. The van der Waals surface area contributed by atoms with Gasteiger partial charge in [-0.25, -0.2) is 4.99 Å². The van der Waals surface area contributed by atoms with Crippen LogP contribution in [0.15, 0.2) is 70.6 Å². The fourth-order valence-electron chi connectivity index (χ4n) is 3.38. The molecule has 1 saturated heterocycles. The Morgan fingerprint density at radius 2 is 1.70 bits per heavy atom. The number of thioether (sulfide) groups is 1. The van der Waals surface area contributed by atoms with Gasteiger partial charge >= 0.3 is 5.69 Å². The van der Waals surface area contributed by atoms with E-state index >= 15 is 0 Å². The largest absolute Gasteiger partial charge is 0.493 e. The smallest absolute Gasteiger partial charge is 0.318 e. The number of aryl methyl sites for hydroxylation is 1. The van der Waals surface area contributed by atoms with Crippen molar-refractivity contribution in [2.24, 2.45) is 4.99 Å². The number of ether oxygens (including phenoxy) is 2. The van der Waals surface area contributed by atoms with Crippen molar-refractivity contribution >= 4 is 46.0 Å². The highest BCUT2D eigenvalue weighted by molar-refractivity contribution is 8.18. The van der Waals surface area contributed by atoms with Crippen LogP contribution in [-0.2, 0) is 11.2 Å². The molecule has 0 aromatic heterocycles. The van der Waals surface area contributed by atoms with Gasteiger partial charge in [-0.05, 0) is 65.7 Å². The van der Waals surface area contributed by atoms with Gasteiger partial charge in [0.05, 0.1) is 33.6 Å². The number of nitro groups is 2. The van der Waals surface area contributed by atoms with Crippen molar-refractivity contribution in [2.75, 3.05) is 7.11 Å². The van der Waals surface area contributed by atoms with E-state index in [4.69, 9.17) is 9.47 Å². The summed E-state index contributed by atoms with van der Waals surface area (Å²) in [5, 5.41) is 25.6. The molecule has 1 amide bonds. The first-order valence-electron chi connectivity index (χ1n) is 10.9. The van der Waals surface area contributed by atoms with Crippen LogP contribution in [0.1, 0.15) is 18.1 Å². The Bertz CT molecular complexity index is 1450. The molecule has 37 heavy (non-hydrogen) atoms. The average Bonchev–Trinajstić information content (AvgIpc) is 3.23. The van der Waals surface area contributed by atoms with E-state index in [1.54, 1.807) is 18.2 Å². The molecule has 3 aromatic rings. The van der Waals surface area contributed by atoms with Crippen molar-refractivity contribution in [3.05, 3.63) is 96.9 Å². The molecule has 11 nitrogen and oxygen atoms in total. The maximum absolute atomic E-state index is 12.5. The number of methoxy groups -OCH3 is 1. The van der Waals surface area contributed by atoms with Crippen molar-refractivity contribution in [3.8, 4) is 17.2 Å². The second-order valence-electron chi connectivity index (χ2n) is 7.68. The molecule has 0 unspecified atom stereocenters. The minimum atomic E-state index is -0.763. The highest BCUT2D eigenvalue weighted by Gasteiger charge is 2.25. The third kappa shape index (κ3) is 5.93. The van der Waals surface area contributed by atoms with Gasteiger partial charge in [-0.1, -0.05) is 25.1 Å². The lowest BCUT2D eigenvalue weighted by Gasteiger charge is -2.11. The summed E-state index contributed by atoms with van der Waals surface area (Å²) in [5.74, 6) is -0.0773. The first-order valence-corrected chi connectivity index (χ1v) is 11.8. The maximum atomic E-state index is 12.5. The molecule has 1 aliphatic rings. The molecule has 0 radical (unpaired) electrons. The summed E-state index contributed by atoms with van der Waals surface area (Å²) in [6.45, 7) is 2.07. The van der Waals surface area contributed by atoms with E-state index in [-0.39, 0.29) is 23.2 Å². The zero-order chi connectivity index (χ0) is 26.5. The fourth-order valence-corrected chi connectivity index (χ4v) is 4.22. The van der Waals surface area contributed by atoms with E-state index < -0.39 is 21.2 Å². The van der Waals surface area contributed by atoms with Gasteiger partial charge < -0.3 is 14.8 Å². The fraction of sp³-hybridized carbons (Fsp3) is 0.120. The summed E-state index contributed by atoms with van der Waals surface area (Å²) >= 11 is 1.20. The number of carbonyl (C=O) groups excluding carboxylic acids is 1. The normalized spacial score (nSPS) is 15.0. The second-order valence-corrected chi connectivity index (χ2v) is 8.71. The summed E-state index contributed by atoms with van der Waals surface area (Å²) in [6.07, 6.45) is 2.58. The number of benzene rings is 3. The molecule has 0 bridgehead atoms. The van der Waals surface area contributed by atoms with Gasteiger partial charge in [0, 0.05) is 6.07 Å². The molecule has 0 spiro atoms. The lowest BCUT2D eigenvalue weighted by atomic mass is 10.1. The van der Waals surface area contributed by atoms with Gasteiger partial charge in [-0.2, -0.15) is 0 Å². The molecule has 0 aliphatic carbocycles.